The van der Waals surface area contributed by atoms with Gasteiger partial charge in [0.1, 0.15) is 11.4 Å². The van der Waals surface area contributed by atoms with E-state index in [9.17, 15) is 0 Å². The summed E-state index contributed by atoms with van der Waals surface area (Å²) in [5, 5.41) is 0. The standard InChI is InChI=1S/C15H23NO2/c1-10(2)12-9-16-14(18-15(3,4)5)8-13(12)17-11-6-7-11/h8-11H,6-7H2,1-5H3. The zero-order valence-electron chi connectivity index (χ0n) is 12.0. The predicted octanol–water partition coefficient (Wildman–Crippen LogP) is 3.92. The van der Waals surface area contributed by atoms with Crippen LogP contribution in [0.25, 0.3) is 0 Å². The van der Waals surface area contributed by atoms with E-state index in [-0.39, 0.29) is 5.60 Å². The fourth-order valence-electron chi connectivity index (χ4n) is 1.70. The van der Waals surface area contributed by atoms with Gasteiger partial charge >= 0.3 is 0 Å². The Morgan fingerprint density at radius 1 is 1.28 bits per heavy atom. The largest absolute Gasteiger partial charge is 0.490 e. The molecule has 1 aliphatic carbocycles. The molecule has 1 aliphatic rings. The third-order valence-electron chi connectivity index (χ3n) is 2.72. The Kier molecular flexibility index (Phi) is 3.51. The fraction of sp³-hybridized carbons (Fsp3) is 0.667. The molecule has 0 spiro atoms. The van der Waals surface area contributed by atoms with Crippen molar-refractivity contribution >= 4 is 0 Å². The molecule has 18 heavy (non-hydrogen) atoms. The Hall–Kier alpha value is -1.25. The normalized spacial score (nSPS) is 15.9. The summed E-state index contributed by atoms with van der Waals surface area (Å²) in [6, 6.07) is 1.93. The molecule has 100 valence electrons. The van der Waals surface area contributed by atoms with Gasteiger partial charge in [0.25, 0.3) is 0 Å². The average molecular weight is 249 g/mol. The van der Waals surface area contributed by atoms with Crippen molar-refractivity contribution in [2.24, 2.45) is 0 Å². The first kappa shape index (κ1) is 13.2. The highest BCUT2D eigenvalue weighted by molar-refractivity contribution is 5.38. The second-order valence-corrected chi connectivity index (χ2v) is 6.25. The quantitative estimate of drug-likeness (QED) is 0.810. The highest BCUT2D eigenvalue weighted by Gasteiger charge is 2.26. The van der Waals surface area contributed by atoms with Gasteiger partial charge in [-0.05, 0) is 39.5 Å². The summed E-state index contributed by atoms with van der Waals surface area (Å²) < 4.78 is 11.7. The molecule has 1 saturated carbocycles. The molecule has 1 aromatic heterocycles. The van der Waals surface area contributed by atoms with Gasteiger partial charge in [-0.1, -0.05) is 13.8 Å². The second kappa shape index (κ2) is 4.79. The molecule has 2 rings (SSSR count). The lowest BCUT2D eigenvalue weighted by Crippen LogP contribution is -2.23. The Labute approximate surface area is 110 Å². The Bertz CT molecular complexity index is 417. The van der Waals surface area contributed by atoms with Gasteiger partial charge in [0, 0.05) is 17.8 Å². The molecule has 0 saturated heterocycles. The van der Waals surface area contributed by atoms with E-state index < -0.39 is 0 Å². The maximum Gasteiger partial charge on any atom is 0.217 e. The maximum absolute atomic E-state index is 5.95. The van der Waals surface area contributed by atoms with Crippen LogP contribution in [0.3, 0.4) is 0 Å². The molecule has 0 aromatic carbocycles. The molecular weight excluding hydrogens is 226 g/mol. The Morgan fingerprint density at radius 2 is 1.94 bits per heavy atom. The number of aromatic nitrogens is 1. The van der Waals surface area contributed by atoms with E-state index in [4.69, 9.17) is 9.47 Å². The lowest BCUT2D eigenvalue weighted by Gasteiger charge is -2.22. The second-order valence-electron chi connectivity index (χ2n) is 6.25. The highest BCUT2D eigenvalue weighted by Crippen LogP contribution is 2.34. The van der Waals surface area contributed by atoms with Crippen LogP contribution in [-0.4, -0.2) is 16.7 Å². The number of pyridine rings is 1. The molecule has 0 amide bonds. The minimum atomic E-state index is -0.233. The van der Waals surface area contributed by atoms with Crippen LogP contribution in [-0.2, 0) is 0 Å². The van der Waals surface area contributed by atoms with Gasteiger partial charge in [0.05, 0.1) is 6.10 Å². The number of hydrogen-bond donors (Lipinski definition) is 0. The molecule has 0 aliphatic heterocycles. The number of hydrogen-bond acceptors (Lipinski definition) is 3. The van der Waals surface area contributed by atoms with Crippen LogP contribution in [0.1, 0.15) is 58.9 Å². The summed E-state index contributed by atoms with van der Waals surface area (Å²) in [5.74, 6) is 1.99. The summed E-state index contributed by atoms with van der Waals surface area (Å²) in [4.78, 5) is 4.37. The molecule has 1 aromatic rings. The van der Waals surface area contributed by atoms with E-state index in [0.29, 0.717) is 17.9 Å². The molecule has 0 bridgehead atoms. The number of nitrogens with zero attached hydrogens (tertiary/aromatic N) is 1. The molecule has 0 atom stereocenters. The number of rotatable bonds is 4. The zero-order chi connectivity index (χ0) is 13.3. The molecule has 0 radical (unpaired) electrons. The Morgan fingerprint density at radius 3 is 2.44 bits per heavy atom. The summed E-state index contributed by atoms with van der Waals surface area (Å²) in [5.41, 5.74) is 0.923. The van der Waals surface area contributed by atoms with Crippen LogP contribution >= 0.6 is 0 Å². The van der Waals surface area contributed by atoms with Crippen LogP contribution < -0.4 is 9.47 Å². The van der Waals surface area contributed by atoms with Crippen LogP contribution in [0.4, 0.5) is 0 Å². The summed E-state index contributed by atoms with van der Waals surface area (Å²) in [7, 11) is 0. The van der Waals surface area contributed by atoms with Gasteiger partial charge in [0.15, 0.2) is 0 Å². The van der Waals surface area contributed by atoms with E-state index in [1.165, 1.54) is 0 Å². The minimum absolute atomic E-state index is 0.233. The van der Waals surface area contributed by atoms with E-state index in [2.05, 4.69) is 18.8 Å². The summed E-state index contributed by atoms with van der Waals surface area (Å²) >= 11 is 0. The Balaban J connectivity index is 2.23. The van der Waals surface area contributed by atoms with E-state index in [0.717, 1.165) is 24.2 Å². The minimum Gasteiger partial charge on any atom is -0.490 e. The van der Waals surface area contributed by atoms with E-state index in [1.54, 1.807) is 0 Å². The number of ether oxygens (including phenoxy) is 2. The van der Waals surface area contributed by atoms with Crippen molar-refractivity contribution in [2.75, 3.05) is 0 Å². The maximum atomic E-state index is 5.95. The van der Waals surface area contributed by atoms with Crippen molar-refractivity contribution in [2.45, 2.75) is 65.1 Å². The van der Waals surface area contributed by atoms with Gasteiger partial charge in [-0.2, -0.15) is 0 Å². The van der Waals surface area contributed by atoms with Gasteiger partial charge in [0.2, 0.25) is 5.88 Å². The van der Waals surface area contributed by atoms with Gasteiger partial charge < -0.3 is 9.47 Å². The predicted molar refractivity (Wildman–Crippen MR) is 72.4 cm³/mol. The third kappa shape index (κ3) is 3.62. The highest BCUT2D eigenvalue weighted by atomic mass is 16.5. The zero-order valence-corrected chi connectivity index (χ0v) is 12.0. The molecule has 1 fully saturated rings. The van der Waals surface area contributed by atoms with Crippen molar-refractivity contribution in [3.63, 3.8) is 0 Å². The van der Waals surface area contributed by atoms with Crippen molar-refractivity contribution < 1.29 is 9.47 Å². The van der Waals surface area contributed by atoms with Crippen molar-refractivity contribution in [3.8, 4) is 11.6 Å². The van der Waals surface area contributed by atoms with Crippen LogP contribution in [0.15, 0.2) is 12.3 Å². The summed E-state index contributed by atoms with van der Waals surface area (Å²) in [6.45, 7) is 10.4. The van der Waals surface area contributed by atoms with Crippen molar-refractivity contribution in [1.82, 2.24) is 4.98 Å². The van der Waals surface area contributed by atoms with Gasteiger partial charge in [-0.3, -0.25) is 0 Å². The van der Waals surface area contributed by atoms with Gasteiger partial charge in [-0.25, -0.2) is 4.98 Å². The lowest BCUT2D eigenvalue weighted by molar-refractivity contribution is 0.123. The SMILES string of the molecule is CC(C)c1cnc(OC(C)(C)C)cc1OC1CC1. The lowest BCUT2D eigenvalue weighted by atomic mass is 10.0. The van der Waals surface area contributed by atoms with Crippen LogP contribution in [0.5, 0.6) is 11.6 Å². The first-order chi connectivity index (χ1) is 8.35. The molecule has 3 heteroatoms. The monoisotopic (exact) mass is 249 g/mol. The third-order valence-corrected chi connectivity index (χ3v) is 2.72. The summed E-state index contributed by atoms with van der Waals surface area (Å²) in [6.07, 6.45) is 4.60. The molecular formula is C15H23NO2. The molecule has 1 heterocycles. The van der Waals surface area contributed by atoms with E-state index in [1.807, 2.05) is 33.0 Å². The van der Waals surface area contributed by atoms with Crippen LogP contribution in [0, 0.1) is 0 Å². The van der Waals surface area contributed by atoms with Gasteiger partial charge in [-0.15, -0.1) is 0 Å². The van der Waals surface area contributed by atoms with Crippen molar-refractivity contribution in [1.29, 1.82) is 0 Å². The first-order valence-corrected chi connectivity index (χ1v) is 6.71. The molecule has 3 nitrogen and oxygen atoms in total. The topological polar surface area (TPSA) is 31.4 Å². The fourth-order valence-corrected chi connectivity index (χ4v) is 1.70. The molecule has 0 N–H and O–H groups in total. The van der Waals surface area contributed by atoms with Crippen LogP contribution in [0.2, 0.25) is 0 Å². The average Bonchev–Trinajstić information content (AvgIpc) is 2.98. The van der Waals surface area contributed by atoms with Crippen molar-refractivity contribution in [3.05, 3.63) is 17.8 Å². The smallest absolute Gasteiger partial charge is 0.217 e. The van der Waals surface area contributed by atoms with E-state index >= 15 is 0 Å². The molecule has 0 unspecified atom stereocenters. The first-order valence-electron chi connectivity index (χ1n) is 6.71.